The smallest absolute Gasteiger partial charge is 0.337 e. The second-order valence-electron chi connectivity index (χ2n) is 4.92. The lowest BCUT2D eigenvalue weighted by Gasteiger charge is -2.08. The van der Waals surface area contributed by atoms with Crippen LogP contribution in [0, 0.1) is 0 Å². The topological polar surface area (TPSA) is 66.4 Å². The lowest BCUT2D eigenvalue weighted by molar-refractivity contribution is -0.116. The van der Waals surface area contributed by atoms with Crippen molar-refractivity contribution in [3.05, 3.63) is 29.8 Å². The summed E-state index contributed by atoms with van der Waals surface area (Å²) in [6, 6.07) is 6.46. The Kier molecular flexibility index (Phi) is 7.40. The van der Waals surface area contributed by atoms with E-state index in [1.807, 2.05) is 0 Å². The van der Waals surface area contributed by atoms with E-state index >= 15 is 0 Å². The zero-order valence-corrected chi connectivity index (χ0v) is 12.0. The summed E-state index contributed by atoms with van der Waals surface area (Å²) in [6.07, 6.45) is 7.19. The quantitative estimate of drug-likeness (QED) is 0.668. The first-order valence-corrected chi connectivity index (χ1v) is 7.27. The molecule has 0 saturated carbocycles. The molecule has 0 radical (unpaired) electrons. The van der Waals surface area contributed by atoms with E-state index in [1.54, 1.807) is 18.2 Å². The Morgan fingerprint density at radius 1 is 1.05 bits per heavy atom. The number of nitrogens with one attached hydrogen (secondary N) is 1. The molecule has 1 aromatic rings. The molecule has 0 atom stereocenters. The Labute approximate surface area is 120 Å². The van der Waals surface area contributed by atoms with Crippen molar-refractivity contribution in [3.63, 3.8) is 0 Å². The summed E-state index contributed by atoms with van der Waals surface area (Å²) in [5, 5.41) is 11.7. The van der Waals surface area contributed by atoms with Crippen molar-refractivity contribution >= 4 is 17.6 Å². The van der Waals surface area contributed by atoms with Gasteiger partial charge < -0.3 is 10.4 Å². The largest absolute Gasteiger partial charge is 0.478 e. The number of anilines is 1. The van der Waals surface area contributed by atoms with Gasteiger partial charge in [0.25, 0.3) is 0 Å². The number of unbranched alkanes of at least 4 members (excludes halogenated alkanes) is 5. The zero-order valence-electron chi connectivity index (χ0n) is 12.0. The van der Waals surface area contributed by atoms with Gasteiger partial charge in [-0.2, -0.15) is 0 Å². The fourth-order valence-corrected chi connectivity index (χ4v) is 2.06. The molecule has 110 valence electrons. The molecule has 0 aliphatic carbocycles. The number of carbonyl (C=O) groups is 2. The Morgan fingerprint density at radius 2 is 1.70 bits per heavy atom. The van der Waals surface area contributed by atoms with Crippen molar-refractivity contribution < 1.29 is 14.7 Å². The van der Waals surface area contributed by atoms with Gasteiger partial charge in [-0.05, 0) is 18.6 Å². The number of carbonyl (C=O) groups excluding carboxylic acids is 1. The van der Waals surface area contributed by atoms with Gasteiger partial charge in [0.2, 0.25) is 5.91 Å². The predicted molar refractivity (Wildman–Crippen MR) is 80.0 cm³/mol. The molecule has 0 fully saturated rings. The Balaban J connectivity index is 2.34. The molecule has 2 N–H and O–H groups in total. The summed E-state index contributed by atoms with van der Waals surface area (Å²) < 4.78 is 0. The van der Waals surface area contributed by atoms with E-state index in [-0.39, 0.29) is 11.5 Å². The molecule has 0 spiro atoms. The van der Waals surface area contributed by atoms with E-state index in [0.717, 1.165) is 19.3 Å². The predicted octanol–water partition coefficient (Wildman–Crippen LogP) is 4.07. The molecule has 0 aliphatic rings. The maximum Gasteiger partial charge on any atom is 0.337 e. The van der Waals surface area contributed by atoms with Crippen LogP contribution in [-0.4, -0.2) is 17.0 Å². The van der Waals surface area contributed by atoms with Crippen LogP contribution in [-0.2, 0) is 4.79 Å². The molecule has 0 aliphatic heterocycles. The van der Waals surface area contributed by atoms with Crippen molar-refractivity contribution in [2.24, 2.45) is 0 Å². The number of hydrogen-bond donors (Lipinski definition) is 2. The van der Waals surface area contributed by atoms with Crippen molar-refractivity contribution in [2.75, 3.05) is 5.32 Å². The van der Waals surface area contributed by atoms with E-state index in [1.165, 1.54) is 25.3 Å². The molecular formula is C16H23NO3. The molecule has 1 amide bonds. The summed E-state index contributed by atoms with van der Waals surface area (Å²) >= 11 is 0. The van der Waals surface area contributed by atoms with Crippen molar-refractivity contribution in [1.29, 1.82) is 0 Å². The van der Waals surface area contributed by atoms with Gasteiger partial charge in [0.1, 0.15) is 0 Å². The highest BCUT2D eigenvalue weighted by Crippen LogP contribution is 2.15. The summed E-state index contributed by atoms with van der Waals surface area (Å²) in [6.45, 7) is 2.17. The standard InChI is InChI=1S/C16H23NO3/c1-2-3-4-5-6-7-12-15(18)17-14-11-9-8-10-13(14)16(19)20/h8-11H,2-7,12H2,1H3,(H,17,18)(H,19,20). The van der Waals surface area contributed by atoms with Crippen molar-refractivity contribution in [3.8, 4) is 0 Å². The van der Waals surface area contributed by atoms with Gasteiger partial charge in [-0.25, -0.2) is 4.79 Å². The van der Waals surface area contributed by atoms with Gasteiger partial charge >= 0.3 is 5.97 Å². The molecule has 0 bridgehead atoms. The van der Waals surface area contributed by atoms with E-state index < -0.39 is 5.97 Å². The van der Waals surface area contributed by atoms with Crippen LogP contribution < -0.4 is 5.32 Å². The normalized spacial score (nSPS) is 10.2. The average molecular weight is 277 g/mol. The van der Waals surface area contributed by atoms with Crippen LogP contribution in [0.5, 0.6) is 0 Å². The van der Waals surface area contributed by atoms with Crippen molar-refractivity contribution in [2.45, 2.75) is 51.9 Å². The third-order valence-electron chi connectivity index (χ3n) is 3.19. The Morgan fingerprint density at radius 3 is 2.40 bits per heavy atom. The Bertz CT molecular complexity index is 443. The molecule has 1 rings (SSSR count). The second kappa shape index (κ2) is 9.13. The highest BCUT2D eigenvalue weighted by Gasteiger charge is 2.11. The molecule has 1 aromatic carbocycles. The minimum atomic E-state index is -1.03. The van der Waals surface area contributed by atoms with Gasteiger partial charge in [0.05, 0.1) is 11.3 Å². The third kappa shape index (κ3) is 5.87. The molecular weight excluding hydrogens is 254 g/mol. The number of para-hydroxylation sites is 1. The lowest BCUT2D eigenvalue weighted by Crippen LogP contribution is -2.14. The molecule has 4 heteroatoms. The van der Waals surface area contributed by atoms with Gasteiger partial charge in [-0.1, -0.05) is 51.2 Å². The van der Waals surface area contributed by atoms with Crippen LogP contribution in [0.25, 0.3) is 0 Å². The van der Waals surface area contributed by atoms with E-state index in [2.05, 4.69) is 12.2 Å². The lowest BCUT2D eigenvalue weighted by atomic mass is 10.1. The fraction of sp³-hybridized carbons (Fsp3) is 0.500. The average Bonchev–Trinajstić information content (AvgIpc) is 2.43. The van der Waals surface area contributed by atoms with Crippen LogP contribution >= 0.6 is 0 Å². The molecule has 0 saturated heterocycles. The van der Waals surface area contributed by atoms with Crippen molar-refractivity contribution in [1.82, 2.24) is 0 Å². The summed E-state index contributed by atoms with van der Waals surface area (Å²) in [5.41, 5.74) is 0.500. The molecule has 0 unspecified atom stereocenters. The number of aromatic carboxylic acids is 1. The van der Waals surface area contributed by atoms with E-state index in [4.69, 9.17) is 5.11 Å². The van der Waals surface area contributed by atoms with Crippen LogP contribution in [0.4, 0.5) is 5.69 Å². The first kappa shape index (κ1) is 16.2. The third-order valence-corrected chi connectivity index (χ3v) is 3.19. The maximum atomic E-state index is 11.8. The zero-order chi connectivity index (χ0) is 14.8. The highest BCUT2D eigenvalue weighted by molar-refractivity contribution is 6.00. The van der Waals surface area contributed by atoms with E-state index in [0.29, 0.717) is 12.1 Å². The number of hydrogen-bond acceptors (Lipinski definition) is 2. The SMILES string of the molecule is CCCCCCCCC(=O)Nc1ccccc1C(=O)O. The molecule has 4 nitrogen and oxygen atoms in total. The number of carboxylic acid groups (broad SMARTS) is 1. The Hall–Kier alpha value is -1.84. The van der Waals surface area contributed by atoms with Gasteiger partial charge in [0, 0.05) is 6.42 Å². The van der Waals surface area contributed by atoms with Crippen LogP contribution in [0.15, 0.2) is 24.3 Å². The maximum absolute atomic E-state index is 11.8. The number of carboxylic acids is 1. The second-order valence-corrected chi connectivity index (χ2v) is 4.92. The minimum absolute atomic E-state index is 0.116. The fourth-order valence-electron chi connectivity index (χ4n) is 2.06. The van der Waals surface area contributed by atoms with Gasteiger partial charge in [-0.3, -0.25) is 4.79 Å². The number of benzene rings is 1. The monoisotopic (exact) mass is 277 g/mol. The first-order chi connectivity index (χ1) is 9.65. The molecule has 20 heavy (non-hydrogen) atoms. The highest BCUT2D eigenvalue weighted by atomic mass is 16.4. The van der Waals surface area contributed by atoms with E-state index in [9.17, 15) is 9.59 Å². The first-order valence-electron chi connectivity index (χ1n) is 7.27. The van der Waals surface area contributed by atoms with Crippen LogP contribution in [0.2, 0.25) is 0 Å². The van der Waals surface area contributed by atoms with Gasteiger partial charge in [-0.15, -0.1) is 0 Å². The van der Waals surface area contributed by atoms with Crippen LogP contribution in [0.3, 0.4) is 0 Å². The summed E-state index contributed by atoms with van der Waals surface area (Å²) in [5.74, 6) is -1.14. The number of amides is 1. The molecule has 0 heterocycles. The summed E-state index contributed by atoms with van der Waals surface area (Å²) in [7, 11) is 0. The van der Waals surface area contributed by atoms with Gasteiger partial charge in [0.15, 0.2) is 0 Å². The number of rotatable bonds is 9. The summed E-state index contributed by atoms with van der Waals surface area (Å²) in [4.78, 5) is 22.8. The van der Waals surface area contributed by atoms with Crippen LogP contribution in [0.1, 0.15) is 62.2 Å². The molecule has 0 aromatic heterocycles. The minimum Gasteiger partial charge on any atom is -0.478 e.